The first-order chi connectivity index (χ1) is 5.51. The standard InChI is InChI=1S/C6H2Cl3FN2/c7-4-3(10)1-12-6(9,2-11)5(4)8/h1,12H. The predicted molar refractivity (Wildman–Crippen MR) is 45.3 cm³/mol. The first-order valence-corrected chi connectivity index (χ1v) is 3.94. The Balaban J connectivity index is 3.17. The monoisotopic (exact) mass is 226 g/mol. The molecule has 0 aromatic heterocycles. The van der Waals surface area contributed by atoms with E-state index in [2.05, 4.69) is 5.32 Å². The molecule has 1 atom stereocenters. The molecule has 1 heterocycles. The van der Waals surface area contributed by atoms with Crippen LogP contribution in [0.15, 0.2) is 22.1 Å². The second-order valence-corrected chi connectivity index (χ2v) is 3.36. The Labute approximate surface area is 83.2 Å². The molecule has 0 saturated carbocycles. The smallest absolute Gasteiger partial charge is 0.237 e. The zero-order valence-electron chi connectivity index (χ0n) is 5.54. The van der Waals surface area contributed by atoms with Crippen LogP contribution in [-0.2, 0) is 0 Å². The molecule has 0 saturated heterocycles. The predicted octanol–water partition coefficient (Wildman–Crippen LogP) is 2.55. The normalized spacial score (nSPS) is 29.1. The van der Waals surface area contributed by atoms with Crippen LogP contribution >= 0.6 is 34.8 Å². The molecule has 0 spiro atoms. The molecule has 0 fully saturated rings. The number of nitriles is 1. The molecular formula is C6H2Cl3FN2. The maximum atomic E-state index is 12.7. The first kappa shape index (κ1) is 9.66. The summed E-state index contributed by atoms with van der Waals surface area (Å²) in [6.07, 6.45) is 0.893. The van der Waals surface area contributed by atoms with E-state index in [1.165, 1.54) is 0 Å². The highest BCUT2D eigenvalue weighted by molar-refractivity contribution is 6.46. The van der Waals surface area contributed by atoms with Crippen molar-refractivity contribution >= 4 is 34.8 Å². The summed E-state index contributed by atoms with van der Waals surface area (Å²) < 4.78 is 12.7. The minimum absolute atomic E-state index is 0.256. The number of allylic oxidation sites excluding steroid dienone is 2. The number of nitrogens with one attached hydrogen (secondary N) is 1. The van der Waals surface area contributed by atoms with Crippen molar-refractivity contribution < 1.29 is 4.39 Å². The van der Waals surface area contributed by atoms with Gasteiger partial charge in [0.15, 0.2) is 5.83 Å². The number of hydrogen-bond donors (Lipinski definition) is 1. The van der Waals surface area contributed by atoms with E-state index < -0.39 is 10.8 Å². The summed E-state index contributed by atoms with van der Waals surface area (Å²) >= 11 is 16.5. The lowest BCUT2D eigenvalue weighted by molar-refractivity contribution is 0.616. The lowest BCUT2D eigenvalue weighted by Gasteiger charge is -2.23. The minimum Gasteiger partial charge on any atom is -0.354 e. The summed E-state index contributed by atoms with van der Waals surface area (Å²) in [5, 5.41) is 10.2. The van der Waals surface area contributed by atoms with Gasteiger partial charge in [-0.15, -0.1) is 0 Å². The van der Waals surface area contributed by atoms with Gasteiger partial charge in [0.05, 0.1) is 10.1 Å². The number of dihydropyridines is 1. The molecule has 1 N–H and O–H groups in total. The highest BCUT2D eigenvalue weighted by atomic mass is 35.5. The van der Waals surface area contributed by atoms with Crippen LogP contribution in [0.4, 0.5) is 4.39 Å². The van der Waals surface area contributed by atoms with Gasteiger partial charge in [0, 0.05) is 6.20 Å². The Kier molecular flexibility index (Phi) is 2.52. The van der Waals surface area contributed by atoms with Crippen LogP contribution in [0.5, 0.6) is 0 Å². The van der Waals surface area contributed by atoms with Crippen molar-refractivity contribution in [1.82, 2.24) is 5.32 Å². The maximum Gasteiger partial charge on any atom is 0.237 e. The van der Waals surface area contributed by atoms with Crippen LogP contribution in [0.2, 0.25) is 0 Å². The highest BCUT2D eigenvalue weighted by Gasteiger charge is 2.36. The van der Waals surface area contributed by atoms with E-state index in [4.69, 9.17) is 40.1 Å². The third kappa shape index (κ3) is 1.38. The van der Waals surface area contributed by atoms with Crippen molar-refractivity contribution in [3.8, 4) is 6.07 Å². The summed E-state index contributed by atoms with van der Waals surface area (Å²) in [5.74, 6) is -0.742. The van der Waals surface area contributed by atoms with Gasteiger partial charge in [-0.1, -0.05) is 34.8 Å². The average molecular weight is 227 g/mol. The second kappa shape index (κ2) is 3.14. The van der Waals surface area contributed by atoms with Gasteiger partial charge < -0.3 is 5.32 Å². The maximum absolute atomic E-state index is 12.7. The molecule has 6 heteroatoms. The fourth-order valence-corrected chi connectivity index (χ4v) is 1.21. The Bertz CT molecular complexity index is 317. The van der Waals surface area contributed by atoms with Crippen molar-refractivity contribution in [2.24, 2.45) is 0 Å². The van der Waals surface area contributed by atoms with E-state index in [0.717, 1.165) is 6.20 Å². The zero-order chi connectivity index (χ0) is 9.35. The van der Waals surface area contributed by atoms with Gasteiger partial charge in [0.1, 0.15) is 6.07 Å². The Morgan fingerprint density at radius 1 is 1.58 bits per heavy atom. The molecule has 12 heavy (non-hydrogen) atoms. The molecule has 0 aromatic carbocycles. The largest absolute Gasteiger partial charge is 0.354 e. The SMILES string of the molecule is N#CC1(Cl)NC=C(F)C(Cl)=C1Cl. The fourth-order valence-electron chi connectivity index (χ4n) is 0.627. The molecule has 0 amide bonds. The van der Waals surface area contributed by atoms with Gasteiger partial charge in [0.25, 0.3) is 0 Å². The molecule has 1 aliphatic heterocycles. The summed E-state index contributed by atoms with van der Waals surface area (Å²) in [4.78, 5) is -1.64. The molecule has 0 bridgehead atoms. The van der Waals surface area contributed by atoms with Gasteiger partial charge >= 0.3 is 0 Å². The number of rotatable bonds is 0. The fraction of sp³-hybridized carbons (Fsp3) is 0.167. The van der Waals surface area contributed by atoms with Gasteiger partial charge in [-0.2, -0.15) is 5.26 Å². The quantitative estimate of drug-likeness (QED) is 0.510. The molecule has 64 valence electrons. The van der Waals surface area contributed by atoms with Crippen molar-refractivity contribution in [3.05, 3.63) is 22.1 Å². The van der Waals surface area contributed by atoms with Crippen LogP contribution in [0, 0.1) is 11.3 Å². The van der Waals surface area contributed by atoms with Crippen molar-refractivity contribution in [2.75, 3.05) is 0 Å². The third-order valence-corrected chi connectivity index (χ3v) is 2.67. The zero-order valence-corrected chi connectivity index (χ0v) is 7.80. The van der Waals surface area contributed by atoms with Crippen molar-refractivity contribution in [2.45, 2.75) is 5.00 Å². The summed E-state index contributed by atoms with van der Waals surface area (Å²) in [5.41, 5.74) is 0. The topological polar surface area (TPSA) is 35.8 Å². The minimum atomic E-state index is -1.64. The summed E-state index contributed by atoms with van der Waals surface area (Å²) in [6.45, 7) is 0. The summed E-state index contributed by atoms with van der Waals surface area (Å²) in [6, 6.07) is 1.65. The van der Waals surface area contributed by atoms with Crippen LogP contribution in [0.3, 0.4) is 0 Å². The molecule has 1 aliphatic rings. The lowest BCUT2D eigenvalue weighted by atomic mass is 10.2. The molecule has 0 aromatic rings. The van der Waals surface area contributed by atoms with Crippen LogP contribution in [0.1, 0.15) is 0 Å². The molecular weight excluding hydrogens is 225 g/mol. The van der Waals surface area contributed by atoms with E-state index in [0.29, 0.717) is 0 Å². The number of nitrogens with zero attached hydrogens (tertiary/aromatic N) is 1. The number of alkyl halides is 1. The molecule has 1 rings (SSSR count). The van der Waals surface area contributed by atoms with Crippen LogP contribution in [-0.4, -0.2) is 5.00 Å². The Morgan fingerprint density at radius 2 is 2.17 bits per heavy atom. The van der Waals surface area contributed by atoms with Crippen LogP contribution in [0.25, 0.3) is 0 Å². The van der Waals surface area contributed by atoms with Crippen molar-refractivity contribution in [1.29, 1.82) is 5.26 Å². The molecule has 1 unspecified atom stereocenters. The van der Waals surface area contributed by atoms with Gasteiger partial charge in [0.2, 0.25) is 5.00 Å². The first-order valence-electron chi connectivity index (χ1n) is 2.81. The van der Waals surface area contributed by atoms with Gasteiger partial charge in [-0.25, -0.2) is 4.39 Å². The highest BCUT2D eigenvalue weighted by Crippen LogP contribution is 2.36. The molecule has 0 radical (unpaired) electrons. The lowest BCUT2D eigenvalue weighted by Crippen LogP contribution is -2.37. The van der Waals surface area contributed by atoms with Gasteiger partial charge in [-0.05, 0) is 0 Å². The van der Waals surface area contributed by atoms with E-state index in [1.807, 2.05) is 0 Å². The number of halogens is 4. The molecule has 0 aliphatic carbocycles. The number of hydrogen-bond acceptors (Lipinski definition) is 2. The van der Waals surface area contributed by atoms with Crippen molar-refractivity contribution in [3.63, 3.8) is 0 Å². The van der Waals surface area contributed by atoms with E-state index in [9.17, 15) is 4.39 Å². The van der Waals surface area contributed by atoms with Crippen LogP contribution < -0.4 is 5.32 Å². The second-order valence-electron chi connectivity index (χ2n) is 2.03. The van der Waals surface area contributed by atoms with E-state index >= 15 is 0 Å². The molecule has 2 nitrogen and oxygen atoms in total. The average Bonchev–Trinajstić information content (AvgIpc) is 2.09. The third-order valence-electron chi connectivity index (χ3n) is 1.26. The van der Waals surface area contributed by atoms with Gasteiger partial charge in [-0.3, -0.25) is 0 Å². The van der Waals surface area contributed by atoms with E-state index in [1.54, 1.807) is 6.07 Å². The van der Waals surface area contributed by atoms with E-state index in [-0.39, 0.29) is 10.1 Å². The summed E-state index contributed by atoms with van der Waals surface area (Å²) in [7, 11) is 0. The Hall–Kier alpha value is -0.430. The Morgan fingerprint density at radius 3 is 2.67 bits per heavy atom.